The molecule has 4 nitrogen and oxygen atoms in total. The first kappa shape index (κ1) is 17.5. The van der Waals surface area contributed by atoms with Gasteiger partial charge in [0.25, 0.3) is 0 Å². The molecular formula is C20H21NO3S. The molecule has 1 unspecified atom stereocenters. The summed E-state index contributed by atoms with van der Waals surface area (Å²) in [6, 6.07) is 15.1. The first-order valence-electron chi connectivity index (χ1n) is 8.31. The van der Waals surface area contributed by atoms with Crippen molar-refractivity contribution in [1.82, 2.24) is 4.90 Å². The predicted octanol–water partition coefficient (Wildman–Crippen LogP) is 3.55. The lowest BCUT2D eigenvalue weighted by Gasteiger charge is -2.36. The number of nitrogens with zero attached hydrogens (tertiary/aromatic N) is 1. The first-order chi connectivity index (χ1) is 12.1. The van der Waals surface area contributed by atoms with E-state index in [1.807, 2.05) is 23.6 Å². The SMILES string of the molecule is Cc1ccc(C2CSCCN2C(=O)Cc2ccccc2C(=O)O)cc1. The highest BCUT2D eigenvalue weighted by Crippen LogP contribution is 2.30. The number of thioether (sulfide) groups is 1. The molecular weight excluding hydrogens is 334 g/mol. The molecule has 0 aliphatic carbocycles. The Morgan fingerprint density at radius 2 is 1.88 bits per heavy atom. The molecule has 0 saturated carbocycles. The van der Waals surface area contributed by atoms with Gasteiger partial charge in [-0.15, -0.1) is 0 Å². The third-order valence-electron chi connectivity index (χ3n) is 4.50. The van der Waals surface area contributed by atoms with Gasteiger partial charge in [-0.05, 0) is 24.1 Å². The number of carboxylic acid groups (broad SMARTS) is 1. The topological polar surface area (TPSA) is 57.6 Å². The van der Waals surface area contributed by atoms with E-state index in [-0.39, 0.29) is 23.9 Å². The highest BCUT2D eigenvalue weighted by Gasteiger charge is 2.28. The molecule has 1 atom stereocenters. The molecule has 0 aromatic heterocycles. The van der Waals surface area contributed by atoms with Crippen LogP contribution < -0.4 is 0 Å². The zero-order valence-electron chi connectivity index (χ0n) is 14.1. The maximum Gasteiger partial charge on any atom is 0.335 e. The summed E-state index contributed by atoms with van der Waals surface area (Å²) in [6.45, 7) is 2.74. The van der Waals surface area contributed by atoms with Crippen LogP contribution in [-0.2, 0) is 11.2 Å². The van der Waals surface area contributed by atoms with Crippen LogP contribution in [0.4, 0.5) is 0 Å². The third-order valence-corrected chi connectivity index (χ3v) is 5.52. The molecule has 3 rings (SSSR count). The van der Waals surface area contributed by atoms with Gasteiger partial charge in [-0.3, -0.25) is 4.79 Å². The van der Waals surface area contributed by atoms with E-state index in [9.17, 15) is 14.7 Å². The highest BCUT2D eigenvalue weighted by atomic mass is 32.2. The van der Waals surface area contributed by atoms with Crippen molar-refractivity contribution in [1.29, 1.82) is 0 Å². The minimum Gasteiger partial charge on any atom is -0.478 e. The van der Waals surface area contributed by atoms with E-state index < -0.39 is 5.97 Å². The molecule has 1 N–H and O–H groups in total. The Morgan fingerprint density at radius 1 is 1.16 bits per heavy atom. The second-order valence-corrected chi connectivity index (χ2v) is 7.38. The Bertz CT molecular complexity index is 773. The van der Waals surface area contributed by atoms with Crippen molar-refractivity contribution in [3.05, 3.63) is 70.8 Å². The summed E-state index contributed by atoms with van der Waals surface area (Å²) in [5.74, 6) is 0.775. The lowest BCUT2D eigenvalue weighted by atomic mass is 10.0. The Morgan fingerprint density at radius 3 is 2.60 bits per heavy atom. The van der Waals surface area contributed by atoms with Gasteiger partial charge in [0, 0.05) is 18.1 Å². The molecule has 25 heavy (non-hydrogen) atoms. The van der Waals surface area contributed by atoms with Crippen LogP contribution in [0.15, 0.2) is 48.5 Å². The molecule has 1 amide bonds. The Kier molecular flexibility index (Phi) is 5.43. The zero-order chi connectivity index (χ0) is 17.8. The van der Waals surface area contributed by atoms with Gasteiger partial charge in [0.2, 0.25) is 5.91 Å². The summed E-state index contributed by atoms with van der Waals surface area (Å²) in [4.78, 5) is 26.2. The fourth-order valence-electron chi connectivity index (χ4n) is 3.11. The van der Waals surface area contributed by atoms with Crippen molar-refractivity contribution in [2.45, 2.75) is 19.4 Å². The van der Waals surface area contributed by atoms with Crippen LogP contribution in [0.3, 0.4) is 0 Å². The molecule has 1 aliphatic heterocycles. The fourth-order valence-corrected chi connectivity index (χ4v) is 4.20. The smallest absolute Gasteiger partial charge is 0.335 e. The second-order valence-electron chi connectivity index (χ2n) is 6.23. The molecule has 1 fully saturated rings. The average molecular weight is 355 g/mol. The summed E-state index contributed by atoms with van der Waals surface area (Å²) in [5.41, 5.74) is 3.10. The molecule has 1 saturated heterocycles. The van der Waals surface area contributed by atoms with Crippen molar-refractivity contribution in [3.63, 3.8) is 0 Å². The van der Waals surface area contributed by atoms with Crippen LogP contribution in [0.2, 0.25) is 0 Å². The quantitative estimate of drug-likeness (QED) is 0.911. The molecule has 1 aliphatic rings. The molecule has 0 radical (unpaired) electrons. The van der Waals surface area contributed by atoms with Crippen LogP contribution in [-0.4, -0.2) is 39.9 Å². The number of aryl methyl sites for hydroxylation is 1. The standard InChI is InChI=1S/C20H21NO3S/c1-14-6-8-15(9-7-14)18-13-25-11-10-21(18)19(22)12-16-4-2-3-5-17(16)20(23)24/h2-9,18H,10-13H2,1H3,(H,23,24). The zero-order valence-corrected chi connectivity index (χ0v) is 15.0. The van der Waals surface area contributed by atoms with Gasteiger partial charge < -0.3 is 10.0 Å². The average Bonchev–Trinajstić information content (AvgIpc) is 2.62. The summed E-state index contributed by atoms with van der Waals surface area (Å²) in [7, 11) is 0. The van der Waals surface area contributed by atoms with Crippen LogP contribution >= 0.6 is 11.8 Å². The summed E-state index contributed by atoms with van der Waals surface area (Å²) in [5, 5.41) is 9.32. The molecule has 0 spiro atoms. The fraction of sp³-hybridized carbons (Fsp3) is 0.300. The van der Waals surface area contributed by atoms with Crippen molar-refractivity contribution in [3.8, 4) is 0 Å². The molecule has 2 aromatic rings. The number of hydrogen-bond acceptors (Lipinski definition) is 3. The Hall–Kier alpha value is -2.27. The molecule has 0 bridgehead atoms. The molecule has 1 heterocycles. The van der Waals surface area contributed by atoms with E-state index in [2.05, 4.69) is 24.3 Å². The normalized spacial score (nSPS) is 17.3. The van der Waals surface area contributed by atoms with Gasteiger partial charge in [-0.1, -0.05) is 48.0 Å². The number of aromatic carboxylic acids is 1. The molecule has 130 valence electrons. The number of carboxylic acids is 1. The maximum atomic E-state index is 12.9. The van der Waals surface area contributed by atoms with E-state index in [1.165, 1.54) is 5.56 Å². The van der Waals surface area contributed by atoms with Crippen molar-refractivity contribution in [2.75, 3.05) is 18.1 Å². The first-order valence-corrected chi connectivity index (χ1v) is 9.46. The monoisotopic (exact) mass is 355 g/mol. The lowest BCUT2D eigenvalue weighted by molar-refractivity contribution is -0.132. The van der Waals surface area contributed by atoms with Gasteiger partial charge in [0.15, 0.2) is 0 Å². The van der Waals surface area contributed by atoms with Crippen molar-refractivity contribution < 1.29 is 14.7 Å². The van der Waals surface area contributed by atoms with Crippen LogP contribution in [0, 0.1) is 6.92 Å². The summed E-state index contributed by atoms with van der Waals surface area (Å²) in [6.07, 6.45) is 0.121. The van der Waals surface area contributed by atoms with E-state index in [0.29, 0.717) is 12.1 Å². The van der Waals surface area contributed by atoms with Crippen LogP contribution in [0.1, 0.15) is 33.1 Å². The van der Waals surface area contributed by atoms with Gasteiger partial charge in [-0.25, -0.2) is 4.79 Å². The maximum absolute atomic E-state index is 12.9. The Labute approximate surface area is 151 Å². The van der Waals surface area contributed by atoms with Crippen LogP contribution in [0.5, 0.6) is 0 Å². The van der Waals surface area contributed by atoms with E-state index >= 15 is 0 Å². The minimum absolute atomic E-state index is 0.0143. The van der Waals surface area contributed by atoms with Gasteiger partial charge in [0.1, 0.15) is 0 Å². The number of amides is 1. The Balaban J connectivity index is 1.82. The number of benzene rings is 2. The third kappa shape index (κ3) is 4.04. The van der Waals surface area contributed by atoms with Crippen molar-refractivity contribution >= 4 is 23.6 Å². The highest BCUT2D eigenvalue weighted by molar-refractivity contribution is 7.99. The van der Waals surface area contributed by atoms with Crippen molar-refractivity contribution in [2.24, 2.45) is 0 Å². The second kappa shape index (κ2) is 7.74. The van der Waals surface area contributed by atoms with E-state index in [1.54, 1.807) is 24.3 Å². The minimum atomic E-state index is -0.993. The lowest BCUT2D eigenvalue weighted by Crippen LogP contribution is -2.41. The largest absolute Gasteiger partial charge is 0.478 e. The van der Waals surface area contributed by atoms with Gasteiger partial charge in [-0.2, -0.15) is 11.8 Å². The molecule has 2 aromatic carbocycles. The predicted molar refractivity (Wildman–Crippen MR) is 100 cm³/mol. The van der Waals surface area contributed by atoms with Crippen LogP contribution in [0.25, 0.3) is 0 Å². The van der Waals surface area contributed by atoms with Gasteiger partial charge in [0.05, 0.1) is 18.0 Å². The number of rotatable bonds is 4. The molecule has 5 heteroatoms. The van der Waals surface area contributed by atoms with E-state index in [0.717, 1.165) is 17.1 Å². The number of hydrogen-bond donors (Lipinski definition) is 1. The number of carbonyl (C=O) groups is 2. The summed E-state index contributed by atoms with van der Waals surface area (Å²) < 4.78 is 0. The number of carbonyl (C=O) groups excluding carboxylic acids is 1. The summed E-state index contributed by atoms with van der Waals surface area (Å²) >= 11 is 1.85. The van der Waals surface area contributed by atoms with Gasteiger partial charge >= 0.3 is 5.97 Å². The van der Waals surface area contributed by atoms with E-state index in [4.69, 9.17) is 0 Å².